The van der Waals surface area contributed by atoms with E-state index in [1.165, 1.54) is 10.4 Å². The van der Waals surface area contributed by atoms with Gasteiger partial charge < -0.3 is 9.84 Å². The van der Waals surface area contributed by atoms with Crippen LogP contribution in [-0.2, 0) is 0 Å². The van der Waals surface area contributed by atoms with Gasteiger partial charge in [-0.1, -0.05) is 18.2 Å². The van der Waals surface area contributed by atoms with Crippen molar-refractivity contribution >= 4 is 33.0 Å². The van der Waals surface area contributed by atoms with Gasteiger partial charge in [0, 0.05) is 30.9 Å². The Kier molecular flexibility index (Phi) is 3.47. The van der Waals surface area contributed by atoms with E-state index in [1.807, 2.05) is 24.3 Å². The van der Waals surface area contributed by atoms with Crippen molar-refractivity contribution in [2.75, 3.05) is 0 Å². The van der Waals surface area contributed by atoms with Crippen LogP contribution in [0.25, 0.3) is 0 Å². The topological polar surface area (TPSA) is 45.1 Å². The lowest BCUT2D eigenvalue weighted by atomic mass is 9.90. The molecule has 1 aliphatic carbocycles. The number of aliphatic hydroxyl groups is 1. The maximum Gasteiger partial charge on any atom is 0.220 e. The van der Waals surface area contributed by atoms with E-state index >= 15 is 0 Å². The van der Waals surface area contributed by atoms with E-state index in [0.717, 1.165) is 34.5 Å². The van der Waals surface area contributed by atoms with Crippen LogP contribution in [0.5, 0.6) is 5.75 Å². The maximum absolute atomic E-state index is 10.2. The van der Waals surface area contributed by atoms with Crippen LogP contribution >= 0.6 is 27.3 Å². The molecular weight excluding hydrogens is 400 g/mol. The van der Waals surface area contributed by atoms with Crippen LogP contribution in [0.15, 0.2) is 57.1 Å². The summed E-state index contributed by atoms with van der Waals surface area (Å²) in [7, 11) is 0. The van der Waals surface area contributed by atoms with Crippen molar-refractivity contribution < 1.29 is 9.84 Å². The summed E-state index contributed by atoms with van der Waals surface area (Å²) in [6.07, 6.45) is 5.13. The Balaban J connectivity index is 1.64. The Morgan fingerprint density at radius 2 is 2.16 bits per heavy atom. The van der Waals surface area contributed by atoms with Crippen LogP contribution in [0.3, 0.4) is 0 Å². The quantitative estimate of drug-likeness (QED) is 0.678. The lowest BCUT2D eigenvalue weighted by molar-refractivity contribution is -0.0944. The molecule has 6 heteroatoms. The highest BCUT2D eigenvalue weighted by Crippen LogP contribution is 2.50. The molecule has 0 saturated carbocycles. The van der Waals surface area contributed by atoms with Crippen LogP contribution in [-0.4, -0.2) is 21.6 Å². The summed E-state index contributed by atoms with van der Waals surface area (Å²) in [5.41, 5.74) is 1.57. The fraction of sp³-hybridized carbons (Fsp3) is 0.316. The summed E-state index contributed by atoms with van der Waals surface area (Å²) in [6.45, 7) is 0. The molecule has 1 spiro atoms. The van der Waals surface area contributed by atoms with E-state index in [-0.39, 0.29) is 6.04 Å². The fourth-order valence-corrected chi connectivity index (χ4v) is 5.37. The first-order chi connectivity index (χ1) is 12.1. The Labute approximate surface area is 158 Å². The van der Waals surface area contributed by atoms with Gasteiger partial charge in [0.1, 0.15) is 5.75 Å². The number of halogens is 1. The molecule has 2 unspecified atom stereocenters. The molecule has 0 fully saturated rings. The van der Waals surface area contributed by atoms with E-state index in [1.54, 1.807) is 11.3 Å². The molecule has 4 nitrogen and oxygen atoms in total. The summed E-state index contributed by atoms with van der Waals surface area (Å²) in [4.78, 5) is 1.18. The first-order valence-corrected chi connectivity index (χ1v) is 10.1. The van der Waals surface area contributed by atoms with Gasteiger partial charge in [-0.25, -0.2) is 5.01 Å². The highest BCUT2D eigenvalue weighted by Gasteiger charge is 2.50. The number of ether oxygens (including phenoxy) is 1. The third-order valence-corrected chi connectivity index (χ3v) is 6.75. The summed E-state index contributed by atoms with van der Waals surface area (Å²) in [6, 6.07) is 12.5. The van der Waals surface area contributed by atoms with E-state index in [0.29, 0.717) is 12.2 Å². The Morgan fingerprint density at radius 1 is 1.28 bits per heavy atom. The highest BCUT2D eigenvalue weighted by atomic mass is 79.9. The molecule has 0 radical (unpaired) electrons. The lowest BCUT2D eigenvalue weighted by Gasteiger charge is -2.47. The van der Waals surface area contributed by atoms with Crippen molar-refractivity contribution in [1.82, 2.24) is 5.01 Å². The predicted molar refractivity (Wildman–Crippen MR) is 102 cm³/mol. The van der Waals surface area contributed by atoms with Gasteiger partial charge in [-0.3, -0.25) is 0 Å². The van der Waals surface area contributed by atoms with Crippen LogP contribution in [0.1, 0.15) is 42.2 Å². The molecule has 25 heavy (non-hydrogen) atoms. The highest BCUT2D eigenvalue weighted by molar-refractivity contribution is 9.11. The molecule has 1 N–H and O–H groups in total. The summed E-state index contributed by atoms with van der Waals surface area (Å²) >= 11 is 5.24. The van der Waals surface area contributed by atoms with Gasteiger partial charge in [0.2, 0.25) is 5.72 Å². The molecule has 0 bridgehead atoms. The van der Waals surface area contributed by atoms with Gasteiger partial charge in [0.15, 0.2) is 0 Å². The number of hydrogen-bond donors (Lipinski definition) is 1. The lowest BCUT2D eigenvalue weighted by Crippen LogP contribution is -2.53. The molecule has 128 valence electrons. The molecule has 2 aromatic rings. The van der Waals surface area contributed by atoms with Crippen molar-refractivity contribution in [2.45, 2.75) is 37.5 Å². The van der Waals surface area contributed by atoms with Gasteiger partial charge in [0.05, 0.1) is 26.2 Å². The average Bonchev–Trinajstić information content (AvgIpc) is 3.22. The van der Waals surface area contributed by atoms with Crippen molar-refractivity contribution in [3.05, 3.63) is 62.5 Å². The molecule has 2 atom stereocenters. The van der Waals surface area contributed by atoms with Crippen molar-refractivity contribution in [2.24, 2.45) is 5.10 Å². The zero-order valence-corrected chi connectivity index (χ0v) is 15.9. The Hall–Kier alpha value is -1.79. The second kappa shape index (κ2) is 5.61. The van der Waals surface area contributed by atoms with Crippen LogP contribution in [0.2, 0.25) is 0 Å². The monoisotopic (exact) mass is 416 g/mol. The van der Waals surface area contributed by atoms with Gasteiger partial charge in [-0.2, -0.15) is 5.10 Å². The van der Waals surface area contributed by atoms with Crippen molar-refractivity contribution in [3.8, 4) is 5.75 Å². The maximum atomic E-state index is 10.2. The van der Waals surface area contributed by atoms with Gasteiger partial charge in [-0.05, 0) is 40.5 Å². The molecule has 1 aromatic carbocycles. The minimum atomic E-state index is -0.683. The molecule has 2 aliphatic heterocycles. The average molecular weight is 417 g/mol. The Bertz CT molecular complexity index is 906. The smallest absolute Gasteiger partial charge is 0.220 e. The number of thiophene rings is 1. The van der Waals surface area contributed by atoms with Crippen LogP contribution < -0.4 is 4.74 Å². The minimum Gasteiger partial charge on any atom is -0.512 e. The van der Waals surface area contributed by atoms with Gasteiger partial charge in [0.25, 0.3) is 0 Å². The van der Waals surface area contributed by atoms with E-state index in [2.05, 4.69) is 39.1 Å². The minimum absolute atomic E-state index is 0.142. The van der Waals surface area contributed by atoms with Crippen molar-refractivity contribution in [3.63, 3.8) is 0 Å². The number of hydrazone groups is 1. The standard InChI is InChI=1S/C19H17BrN2O2S/c20-18-8-7-17(25-18)14-10-15-13-5-1-2-6-16(13)24-19(22(15)21-14)9-3-4-12(23)11-19/h1-2,5-8,11,15,23H,3-4,9-10H2. The second-order valence-electron chi connectivity index (χ2n) is 6.69. The third kappa shape index (κ3) is 2.42. The zero-order valence-electron chi connectivity index (χ0n) is 13.5. The molecule has 3 heterocycles. The number of fused-ring (bicyclic) bond motifs is 4. The summed E-state index contributed by atoms with van der Waals surface area (Å²) in [5.74, 6) is 1.30. The van der Waals surface area contributed by atoms with E-state index in [4.69, 9.17) is 9.84 Å². The zero-order chi connectivity index (χ0) is 17.0. The van der Waals surface area contributed by atoms with Gasteiger partial charge >= 0.3 is 0 Å². The molecular formula is C19H17BrN2O2S. The number of benzene rings is 1. The second-order valence-corrected chi connectivity index (χ2v) is 9.15. The predicted octanol–water partition coefficient (Wildman–Crippen LogP) is 5.38. The fourth-order valence-electron chi connectivity index (χ4n) is 3.99. The molecule has 3 aliphatic rings. The third-order valence-electron chi connectivity index (χ3n) is 5.08. The van der Waals surface area contributed by atoms with Gasteiger partial charge in [-0.15, -0.1) is 11.3 Å². The first kappa shape index (κ1) is 15.5. The SMILES string of the molecule is OC1=CC2(CCC1)Oc1ccccc1C1CC(c3ccc(Br)s3)=NN12. The number of aliphatic hydroxyl groups excluding tert-OH is 1. The summed E-state index contributed by atoms with van der Waals surface area (Å²) in [5, 5.41) is 17.2. The number of allylic oxidation sites excluding steroid dienone is 1. The number of rotatable bonds is 1. The van der Waals surface area contributed by atoms with Crippen LogP contribution in [0, 0.1) is 0 Å². The molecule has 0 amide bonds. The normalized spacial score (nSPS) is 27.4. The number of nitrogens with zero attached hydrogens (tertiary/aromatic N) is 2. The molecule has 0 saturated heterocycles. The number of para-hydroxylation sites is 1. The number of hydrogen-bond acceptors (Lipinski definition) is 5. The largest absolute Gasteiger partial charge is 0.512 e. The molecule has 1 aromatic heterocycles. The van der Waals surface area contributed by atoms with E-state index in [9.17, 15) is 5.11 Å². The van der Waals surface area contributed by atoms with Crippen molar-refractivity contribution in [1.29, 1.82) is 0 Å². The van der Waals surface area contributed by atoms with Crippen LogP contribution in [0.4, 0.5) is 0 Å². The first-order valence-electron chi connectivity index (χ1n) is 8.46. The summed E-state index contributed by atoms with van der Waals surface area (Å²) < 4.78 is 7.52. The Morgan fingerprint density at radius 3 is 2.96 bits per heavy atom. The molecule has 5 rings (SSSR count). The van der Waals surface area contributed by atoms with E-state index < -0.39 is 5.72 Å².